The van der Waals surface area contributed by atoms with E-state index >= 15 is 0 Å². The van der Waals surface area contributed by atoms with Crippen LogP contribution in [0.15, 0.2) is 24.3 Å². The van der Waals surface area contributed by atoms with Crippen molar-refractivity contribution in [3.05, 3.63) is 35.6 Å². The van der Waals surface area contributed by atoms with Crippen molar-refractivity contribution in [3.63, 3.8) is 0 Å². The SMILES string of the molecule is COCCCC[C@@](O)(c1ccccc1F)C1CCCCN1C(N)=O. The number of unbranched alkanes of at least 4 members (excludes halogenated alkanes) is 1. The quantitative estimate of drug-likeness (QED) is 0.751. The Balaban J connectivity index is 2.34. The van der Waals surface area contributed by atoms with Crippen LogP contribution in [0.4, 0.5) is 9.18 Å². The zero-order valence-electron chi connectivity index (χ0n) is 14.2. The number of carbonyl (C=O) groups excluding carboxylic acids is 1. The number of rotatable bonds is 7. The summed E-state index contributed by atoms with van der Waals surface area (Å²) in [6, 6.07) is 5.16. The fourth-order valence-electron chi connectivity index (χ4n) is 3.63. The second-order valence-electron chi connectivity index (χ2n) is 6.40. The number of nitrogens with zero attached hydrogens (tertiary/aromatic N) is 1. The van der Waals surface area contributed by atoms with Crippen molar-refractivity contribution in [2.75, 3.05) is 20.3 Å². The molecule has 0 aromatic heterocycles. The molecule has 3 N–H and O–H groups in total. The lowest BCUT2D eigenvalue weighted by Gasteiger charge is -2.45. The van der Waals surface area contributed by atoms with E-state index in [0.717, 1.165) is 19.3 Å². The highest BCUT2D eigenvalue weighted by Crippen LogP contribution is 2.39. The van der Waals surface area contributed by atoms with Gasteiger partial charge in [-0.15, -0.1) is 0 Å². The standard InChI is InChI=1S/C18H27FN2O3/c1-24-13-7-5-11-18(23,14-8-2-3-9-15(14)19)16-10-4-6-12-21(16)17(20)22/h2-3,8-9,16,23H,4-7,10-13H2,1H3,(H2,20,22)/t16?,18-/m1/s1. The average molecular weight is 338 g/mol. The molecule has 0 bridgehead atoms. The summed E-state index contributed by atoms with van der Waals surface area (Å²) in [6.07, 6.45) is 4.11. The number of nitrogens with two attached hydrogens (primary N) is 1. The molecule has 1 unspecified atom stereocenters. The third kappa shape index (κ3) is 4.05. The van der Waals surface area contributed by atoms with Crippen molar-refractivity contribution in [2.24, 2.45) is 5.73 Å². The largest absolute Gasteiger partial charge is 0.385 e. The van der Waals surface area contributed by atoms with Gasteiger partial charge in [-0.2, -0.15) is 0 Å². The second-order valence-corrected chi connectivity index (χ2v) is 6.40. The Morgan fingerprint density at radius 2 is 2.17 bits per heavy atom. The van der Waals surface area contributed by atoms with Crippen molar-refractivity contribution in [3.8, 4) is 0 Å². The molecular formula is C18H27FN2O3. The number of methoxy groups -OCH3 is 1. The number of amides is 2. The van der Waals surface area contributed by atoms with E-state index < -0.39 is 23.5 Å². The van der Waals surface area contributed by atoms with E-state index in [2.05, 4.69) is 0 Å². The zero-order valence-corrected chi connectivity index (χ0v) is 14.2. The first-order chi connectivity index (χ1) is 11.5. The maximum absolute atomic E-state index is 14.4. The Bertz CT molecular complexity index is 555. The molecule has 2 atom stereocenters. The van der Waals surface area contributed by atoms with E-state index in [9.17, 15) is 14.3 Å². The number of primary amides is 1. The van der Waals surface area contributed by atoms with E-state index in [0.29, 0.717) is 32.4 Å². The molecule has 134 valence electrons. The van der Waals surface area contributed by atoms with Gasteiger partial charge >= 0.3 is 6.03 Å². The molecule has 0 aliphatic carbocycles. The summed E-state index contributed by atoms with van der Waals surface area (Å²) < 4.78 is 19.5. The molecule has 0 radical (unpaired) electrons. The first-order valence-electron chi connectivity index (χ1n) is 8.53. The summed E-state index contributed by atoms with van der Waals surface area (Å²) in [5.41, 5.74) is 4.30. The number of halogens is 1. The molecule has 1 saturated heterocycles. The smallest absolute Gasteiger partial charge is 0.315 e. The molecule has 5 nitrogen and oxygen atoms in total. The molecule has 1 fully saturated rings. The number of ether oxygens (including phenoxy) is 1. The highest BCUT2D eigenvalue weighted by Gasteiger charge is 2.45. The fourth-order valence-corrected chi connectivity index (χ4v) is 3.63. The lowest BCUT2D eigenvalue weighted by atomic mass is 9.77. The Morgan fingerprint density at radius 3 is 2.83 bits per heavy atom. The topological polar surface area (TPSA) is 75.8 Å². The Labute approximate surface area is 142 Å². The lowest BCUT2D eigenvalue weighted by molar-refractivity contribution is -0.0626. The number of aliphatic hydroxyl groups is 1. The molecule has 2 amide bonds. The number of urea groups is 1. The highest BCUT2D eigenvalue weighted by molar-refractivity contribution is 5.72. The molecule has 0 saturated carbocycles. The van der Waals surface area contributed by atoms with Gasteiger partial charge in [0.25, 0.3) is 0 Å². The van der Waals surface area contributed by atoms with Gasteiger partial charge in [0.15, 0.2) is 0 Å². The van der Waals surface area contributed by atoms with E-state index in [1.807, 2.05) is 0 Å². The Hall–Kier alpha value is -1.66. The van der Waals surface area contributed by atoms with Gasteiger partial charge in [0.1, 0.15) is 11.4 Å². The monoisotopic (exact) mass is 338 g/mol. The van der Waals surface area contributed by atoms with Gasteiger partial charge in [-0.25, -0.2) is 9.18 Å². The molecule has 24 heavy (non-hydrogen) atoms. The van der Waals surface area contributed by atoms with Crippen molar-refractivity contribution in [2.45, 2.75) is 50.2 Å². The van der Waals surface area contributed by atoms with Crippen LogP contribution >= 0.6 is 0 Å². The highest BCUT2D eigenvalue weighted by atomic mass is 19.1. The van der Waals surface area contributed by atoms with Gasteiger partial charge in [-0.3, -0.25) is 0 Å². The van der Waals surface area contributed by atoms with Crippen molar-refractivity contribution in [1.82, 2.24) is 4.90 Å². The van der Waals surface area contributed by atoms with Gasteiger partial charge < -0.3 is 20.5 Å². The van der Waals surface area contributed by atoms with Crippen LogP contribution in [0.2, 0.25) is 0 Å². The summed E-state index contributed by atoms with van der Waals surface area (Å²) in [5, 5.41) is 11.5. The van der Waals surface area contributed by atoms with Gasteiger partial charge in [-0.05, 0) is 44.6 Å². The number of piperidine rings is 1. The molecule has 1 aliphatic heterocycles. The number of likely N-dealkylation sites (tertiary alicyclic amines) is 1. The van der Waals surface area contributed by atoms with Crippen LogP contribution in [0.1, 0.15) is 44.1 Å². The van der Waals surface area contributed by atoms with E-state index in [1.165, 1.54) is 11.0 Å². The maximum Gasteiger partial charge on any atom is 0.315 e. The van der Waals surface area contributed by atoms with Crippen LogP contribution in [0, 0.1) is 5.82 Å². The van der Waals surface area contributed by atoms with E-state index in [4.69, 9.17) is 10.5 Å². The van der Waals surface area contributed by atoms with Crippen LogP contribution < -0.4 is 5.73 Å². The van der Waals surface area contributed by atoms with Crippen LogP contribution in [0.3, 0.4) is 0 Å². The average Bonchev–Trinajstić information content (AvgIpc) is 2.59. The zero-order chi connectivity index (χ0) is 17.6. The molecular weight excluding hydrogens is 311 g/mol. The van der Waals surface area contributed by atoms with Crippen LogP contribution in [-0.4, -0.2) is 42.3 Å². The lowest BCUT2D eigenvalue weighted by Crippen LogP contribution is -2.57. The predicted octanol–water partition coefficient (Wildman–Crippen LogP) is 2.76. The molecule has 1 aromatic rings. The van der Waals surface area contributed by atoms with Crippen molar-refractivity contribution >= 4 is 6.03 Å². The first kappa shape index (κ1) is 18.7. The molecule has 0 spiro atoms. The minimum Gasteiger partial charge on any atom is -0.385 e. The van der Waals surface area contributed by atoms with Gasteiger partial charge in [0, 0.05) is 25.8 Å². The van der Waals surface area contributed by atoms with E-state index in [1.54, 1.807) is 25.3 Å². The normalized spacial score (nSPS) is 20.6. The minimum atomic E-state index is -1.45. The predicted molar refractivity (Wildman–Crippen MR) is 90.0 cm³/mol. The molecule has 2 rings (SSSR count). The molecule has 1 aromatic carbocycles. The summed E-state index contributed by atoms with van der Waals surface area (Å²) in [7, 11) is 1.62. The van der Waals surface area contributed by atoms with Crippen molar-refractivity contribution < 1.29 is 19.0 Å². The summed E-state index contributed by atoms with van der Waals surface area (Å²) in [5.74, 6) is -0.457. The summed E-state index contributed by atoms with van der Waals surface area (Å²) >= 11 is 0. The van der Waals surface area contributed by atoms with Crippen LogP contribution in [0.25, 0.3) is 0 Å². The molecule has 1 aliphatic rings. The fraction of sp³-hybridized carbons (Fsp3) is 0.611. The Kier molecular flexibility index (Phi) is 6.57. The third-order valence-corrected chi connectivity index (χ3v) is 4.83. The second kappa shape index (κ2) is 8.44. The van der Waals surface area contributed by atoms with Gasteiger partial charge in [0.05, 0.1) is 6.04 Å². The number of hydrogen-bond donors (Lipinski definition) is 2. The van der Waals surface area contributed by atoms with Crippen LogP contribution in [-0.2, 0) is 10.3 Å². The van der Waals surface area contributed by atoms with Gasteiger partial charge in [-0.1, -0.05) is 18.2 Å². The van der Waals surface area contributed by atoms with Crippen molar-refractivity contribution in [1.29, 1.82) is 0 Å². The first-order valence-corrected chi connectivity index (χ1v) is 8.53. The Morgan fingerprint density at radius 1 is 1.42 bits per heavy atom. The van der Waals surface area contributed by atoms with E-state index in [-0.39, 0.29) is 5.56 Å². The third-order valence-electron chi connectivity index (χ3n) is 4.83. The number of carbonyl (C=O) groups is 1. The minimum absolute atomic E-state index is 0.237. The van der Waals surface area contributed by atoms with Gasteiger partial charge in [0.2, 0.25) is 0 Å². The summed E-state index contributed by atoms with van der Waals surface area (Å²) in [4.78, 5) is 13.3. The maximum atomic E-state index is 14.4. The number of benzene rings is 1. The summed E-state index contributed by atoms with van der Waals surface area (Å²) in [6.45, 7) is 1.08. The molecule has 6 heteroatoms. The van der Waals surface area contributed by atoms with Crippen LogP contribution in [0.5, 0.6) is 0 Å². The number of hydrogen-bond acceptors (Lipinski definition) is 3. The molecule has 1 heterocycles.